The maximum Gasteiger partial charge on any atom is 0.130 e. The fraction of sp³-hybridized carbons (Fsp3) is 0.250. The van der Waals surface area contributed by atoms with Gasteiger partial charge in [0.05, 0.1) is 6.07 Å². The van der Waals surface area contributed by atoms with Crippen molar-refractivity contribution in [2.24, 2.45) is 5.92 Å². The van der Waals surface area contributed by atoms with E-state index in [1.165, 1.54) is 12.1 Å². The molecular formula is C20H15BrFNO. The van der Waals surface area contributed by atoms with E-state index in [1.807, 2.05) is 0 Å². The molecule has 2 aliphatic rings. The predicted molar refractivity (Wildman–Crippen MR) is 94.2 cm³/mol. The van der Waals surface area contributed by atoms with Gasteiger partial charge in [0.15, 0.2) is 0 Å². The predicted octanol–water partition coefficient (Wildman–Crippen LogP) is 5.35. The Balaban J connectivity index is 2.01. The summed E-state index contributed by atoms with van der Waals surface area (Å²) in [5.41, 5.74) is 5.72. The van der Waals surface area contributed by atoms with Gasteiger partial charge in [0, 0.05) is 28.1 Å². The van der Waals surface area contributed by atoms with Gasteiger partial charge in [0.2, 0.25) is 0 Å². The van der Waals surface area contributed by atoms with Crippen molar-refractivity contribution in [1.82, 2.24) is 0 Å². The lowest BCUT2D eigenvalue weighted by Crippen LogP contribution is -1.99. The molecule has 0 spiro atoms. The van der Waals surface area contributed by atoms with E-state index < -0.39 is 0 Å². The highest BCUT2D eigenvalue weighted by Gasteiger charge is 2.32. The summed E-state index contributed by atoms with van der Waals surface area (Å²) in [5, 5.41) is 10.5. The third kappa shape index (κ3) is 2.63. The first-order valence-corrected chi connectivity index (χ1v) is 9.08. The van der Waals surface area contributed by atoms with Gasteiger partial charge in [-0.05, 0) is 47.6 Å². The molecule has 120 valence electrons. The zero-order chi connectivity index (χ0) is 16.7. The third-order valence-electron chi connectivity index (χ3n) is 4.56. The van der Waals surface area contributed by atoms with Crippen molar-refractivity contribution in [3.8, 4) is 11.8 Å². The van der Waals surface area contributed by atoms with Crippen molar-refractivity contribution in [3.63, 3.8) is 0 Å². The molecule has 2 aromatic rings. The Morgan fingerprint density at radius 1 is 1.21 bits per heavy atom. The summed E-state index contributed by atoms with van der Waals surface area (Å²) in [6, 6.07) is 13.2. The van der Waals surface area contributed by atoms with Crippen molar-refractivity contribution in [1.29, 1.82) is 5.26 Å². The Bertz CT molecular complexity index is 893. The molecule has 2 nitrogen and oxygen atoms in total. The Morgan fingerprint density at radius 2 is 2.00 bits per heavy atom. The van der Waals surface area contributed by atoms with Gasteiger partial charge in [-0.2, -0.15) is 5.26 Å². The summed E-state index contributed by atoms with van der Waals surface area (Å²) in [4.78, 5) is 0. The van der Waals surface area contributed by atoms with Crippen molar-refractivity contribution in [2.45, 2.75) is 24.8 Å². The van der Waals surface area contributed by atoms with E-state index >= 15 is 0 Å². The smallest absolute Gasteiger partial charge is 0.130 e. The van der Waals surface area contributed by atoms with Gasteiger partial charge >= 0.3 is 0 Å². The van der Waals surface area contributed by atoms with E-state index in [0.29, 0.717) is 18.3 Å². The fourth-order valence-electron chi connectivity index (χ4n) is 3.23. The zero-order valence-electron chi connectivity index (χ0n) is 13.0. The van der Waals surface area contributed by atoms with Crippen molar-refractivity contribution < 1.29 is 9.13 Å². The highest BCUT2D eigenvalue weighted by Crippen LogP contribution is 2.46. The zero-order valence-corrected chi connectivity index (χ0v) is 14.6. The third-order valence-corrected chi connectivity index (χ3v) is 5.21. The molecule has 1 saturated carbocycles. The van der Waals surface area contributed by atoms with Crippen LogP contribution in [0.5, 0.6) is 5.75 Å². The summed E-state index contributed by atoms with van der Waals surface area (Å²) < 4.78 is 19.6. The van der Waals surface area contributed by atoms with E-state index in [9.17, 15) is 9.65 Å². The largest absolute Gasteiger partial charge is 0.488 e. The molecule has 1 fully saturated rings. The van der Waals surface area contributed by atoms with Gasteiger partial charge in [-0.25, -0.2) is 4.39 Å². The molecule has 1 aliphatic carbocycles. The van der Waals surface area contributed by atoms with Gasteiger partial charge in [-0.15, -0.1) is 0 Å². The van der Waals surface area contributed by atoms with E-state index in [0.717, 1.165) is 51.6 Å². The number of fused-ring (bicyclic) bond motifs is 2. The van der Waals surface area contributed by atoms with Gasteiger partial charge in [0.25, 0.3) is 0 Å². The summed E-state index contributed by atoms with van der Waals surface area (Å²) in [7, 11) is 0. The molecule has 0 amide bonds. The van der Waals surface area contributed by atoms with Gasteiger partial charge < -0.3 is 4.74 Å². The quantitative estimate of drug-likeness (QED) is 0.517. The molecular weight excluding hydrogens is 369 g/mol. The molecule has 1 heterocycles. The molecule has 1 aliphatic heterocycles. The van der Waals surface area contributed by atoms with Crippen LogP contribution >= 0.6 is 15.9 Å². The number of alkyl halides is 1. The molecule has 0 N–H and O–H groups in total. The van der Waals surface area contributed by atoms with Gasteiger partial charge in [-0.3, -0.25) is 0 Å². The van der Waals surface area contributed by atoms with E-state index in [-0.39, 0.29) is 5.82 Å². The van der Waals surface area contributed by atoms with Crippen LogP contribution in [0.25, 0.3) is 5.57 Å². The summed E-state index contributed by atoms with van der Waals surface area (Å²) >= 11 is 3.48. The maximum absolute atomic E-state index is 13.7. The van der Waals surface area contributed by atoms with E-state index in [2.05, 4.69) is 40.2 Å². The summed E-state index contributed by atoms with van der Waals surface area (Å²) in [5.74, 6) is 0.491. The Labute approximate surface area is 148 Å². The molecule has 0 bridgehead atoms. The second-order valence-electron chi connectivity index (χ2n) is 6.23. The molecule has 0 saturated heterocycles. The second kappa shape index (κ2) is 6.07. The molecule has 0 atom stereocenters. The topological polar surface area (TPSA) is 33.0 Å². The SMILES string of the molecule is N#CC(=C1c2ccc(CBr)cc2COc2cc(F)ccc21)C1CC1. The first kappa shape index (κ1) is 15.4. The van der Waals surface area contributed by atoms with Crippen LogP contribution in [-0.2, 0) is 11.9 Å². The monoisotopic (exact) mass is 383 g/mol. The number of ether oxygens (including phenoxy) is 1. The molecule has 4 heteroatoms. The lowest BCUT2D eigenvalue weighted by atomic mass is 9.88. The molecule has 4 rings (SSSR count). The van der Waals surface area contributed by atoms with Crippen LogP contribution in [0.2, 0.25) is 0 Å². The number of nitrogens with zero attached hydrogens (tertiary/aromatic N) is 1. The van der Waals surface area contributed by atoms with Crippen molar-refractivity contribution in [2.75, 3.05) is 0 Å². The molecule has 0 aromatic heterocycles. The highest BCUT2D eigenvalue weighted by atomic mass is 79.9. The number of hydrogen-bond acceptors (Lipinski definition) is 2. The van der Waals surface area contributed by atoms with Crippen molar-refractivity contribution in [3.05, 3.63) is 70.0 Å². The van der Waals surface area contributed by atoms with Crippen LogP contribution in [0.1, 0.15) is 35.1 Å². The average Bonchev–Trinajstić information content (AvgIpc) is 3.43. The number of nitriles is 1. The first-order valence-electron chi connectivity index (χ1n) is 7.96. The fourth-order valence-corrected chi connectivity index (χ4v) is 3.58. The number of hydrogen-bond donors (Lipinski definition) is 0. The second-order valence-corrected chi connectivity index (χ2v) is 6.79. The first-order chi connectivity index (χ1) is 11.7. The van der Waals surface area contributed by atoms with Crippen LogP contribution in [0.15, 0.2) is 42.0 Å². The standard InChI is InChI=1S/C20H15BrFNO/c21-9-12-1-5-16-14(7-12)11-24-19-8-15(22)4-6-17(19)20(16)18(10-23)13-2-3-13/h1,4-8,13H,2-3,9,11H2. The molecule has 0 unspecified atom stereocenters. The van der Waals surface area contributed by atoms with Crippen LogP contribution in [0, 0.1) is 23.1 Å². The highest BCUT2D eigenvalue weighted by molar-refractivity contribution is 9.08. The Morgan fingerprint density at radius 3 is 2.71 bits per heavy atom. The van der Waals surface area contributed by atoms with Crippen LogP contribution in [0.4, 0.5) is 4.39 Å². The number of allylic oxidation sites excluding steroid dienone is 1. The molecule has 0 radical (unpaired) electrons. The lowest BCUT2D eigenvalue weighted by molar-refractivity contribution is 0.305. The minimum Gasteiger partial charge on any atom is -0.488 e. The lowest BCUT2D eigenvalue weighted by Gasteiger charge is -2.13. The Kier molecular flexibility index (Phi) is 3.90. The van der Waals surface area contributed by atoms with Crippen LogP contribution in [-0.4, -0.2) is 0 Å². The van der Waals surface area contributed by atoms with Gasteiger partial charge in [-0.1, -0.05) is 34.1 Å². The minimum atomic E-state index is -0.329. The van der Waals surface area contributed by atoms with Crippen LogP contribution < -0.4 is 4.74 Å². The van der Waals surface area contributed by atoms with E-state index in [1.54, 1.807) is 6.07 Å². The number of halogens is 2. The number of benzene rings is 2. The normalized spacial score (nSPS) is 17.9. The molecule has 24 heavy (non-hydrogen) atoms. The molecule has 2 aromatic carbocycles. The van der Waals surface area contributed by atoms with Crippen molar-refractivity contribution >= 4 is 21.5 Å². The number of rotatable bonds is 2. The van der Waals surface area contributed by atoms with E-state index in [4.69, 9.17) is 4.74 Å². The minimum absolute atomic E-state index is 0.310. The maximum atomic E-state index is 13.7. The van der Waals surface area contributed by atoms with Gasteiger partial charge in [0.1, 0.15) is 18.2 Å². The summed E-state index contributed by atoms with van der Waals surface area (Å²) in [6.45, 7) is 0.375. The Hall–Kier alpha value is -2.12. The summed E-state index contributed by atoms with van der Waals surface area (Å²) in [6.07, 6.45) is 2.08. The average molecular weight is 384 g/mol. The van der Waals surface area contributed by atoms with Crippen LogP contribution in [0.3, 0.4) is 0 Å².